The number of aryl methyl sites for hydroxylation is 2. The number of nitrogens with one attached hydrogen (secondary N) is 1. The molecule has 0 aliphatic rings. The average Bonchev–Trinajstić information content (AvgIpc) is 2.87. The van der Waals surface area contributed by atoms with Crippen LogP contribution in [0, 0.1) is 0 Å². The molecule has 22 heavy (non-hydrogen) atoms. The first kappa shape index (κ1) is 16.3. The summed E-state index contributed by atoms with van der Waals surface area (Å²) in [5.41, 5.74) is -0.0424. The van der Waals surface area contributed by atoms with Crippen molar-refractivity contribution in [2.24, 2.45) is 14.1 Å². The van der Waals surface area contributed by atoms with Crippen LogP contribution in [0.2, 0.25) is 0 Å². The lowest BCUT2D eigenvalue weighted by Crippen LogP contribution is -2.37. The van der Waals surface area contributed by atoms with Gasteiger partial charge in [0.05, 0.1) is 5.75 Å². The molecule has 0 aromatic carbocycles. The van der Waals surface area contributed by atoms with Gasteiger partial charge in [-0.05, 0) is 6.42 Å². The fourth-order valence-electron chi connectivity index (χ4n) is 2.17. The minimum atomic E-state index is -0.415. The number of thioether (sulfide) groups is 1. The Kier molecular flexibility index (Phi) is 4.74. The van der Waals surface area contributed by atoms with E-state index >= 15 is 0 Å². The molecular formula is C13H19N5O3S. The molecule has 0 spiro atoms. The second kappa shape index (κ2) is 6.39. The Hall–Kier alpha value is -2.03. The normalized spacial score (nSPS) is 11.1. The molecule has 1 N–H and O–H groups in total. The van der Waals surface area contributed by atoms with E-state index in [2.05, 4.69) is 10.3 Å². The van der Waals surface area contributed by atoms with Gasteiger partial charge in [0.1, 0.15) is 0 Å². The highest BCUT2D eigenvalue weighted by molar-refractivity contribution is 7.99. The maximum absolute atomic E-state index is 12.4. The molecule has 0 unspecified atom stereocenters. The Labute approximate surface area is 131 Å². The Balaban J connectivity index is 2.67. The summed E-state index contributed by atoms with van der Waals surface area (Å²) in [5, 5.41) is 3.11. The molecule has 0 aliphatic carbocycles. The Morgan fingerprint density at radius 2 is 1.95 bits per heavy atom. The van der Waals surface area contributed by atoms with Crippen molar-refractivity contribution in [3.05, 3.63) is 20.8 Å². The van der Waals surface area contributed by atoms with Crippen LogP contribution in [-0.2, 0) is 25.4 Å². The van der Waals surface area contributed by atoms with Crippen LogP contribution in [0.3, 0.4) is 0 Å². The minimum Gasteiger partial charge on any atom is -0.358 e. The molecule has 2 heterocycles. The lowest BCUT2D eigenvalue weighted by molar-refractivity contribution is -0.118. The molecule has 0 atom stereocenters. The number of nitrogens with zero attached hydrogens (tertiary/aromatic N) is 4. The van der Waals surface area contributed by atoms with E-state index in [1.165, 1.54) is 23.4 Å². The fraction of sp³-hybridized carbons (Fsp3) is 0.538. The molecule has 0 saturated carbocycles. The van der Waals surface area contributed by atoms with Crippen molar-refractivity contribution in [1.82, 2.24) is 24.0 Å². The molecule has 0 bridgehead atoms. The van der Waals surface area contributed by atoms with Crippen LogP contribution in [0.15, 0.2) is 14.7 Å². The number of carbonyl (C=O) groups is 1. The van der Waals surface area contributed by atoms with Gasteiger partial charge in [-0.15, -0.1) is 0 Å². The summed E-state index contributed by atoms with van der Waals surface area (Å²) in [7, 11) is 4.60. The summed E-state index contributed by atoms with van der Waals surface area (Å²) in [6.45, 7) is 2.59. The van der Waals surface area contributed by atoms with E-state index in [9.17, 15) is 14.4 Å². The molecule has 0 aliphatic heterocycles. The first-order chi connectivity index (χ1) is 10.4. The number of aromatic nitrogens is 4. The van der Waals surface area contributed by atoms with E-state index in [1.54, 1.807) is 18.7 Å². The van der Waals surface area contributed by atoms with Gasteiger partial charge >= 0.3 is 5.69 Å². The Bertz CT molecular complexity index is 833. The lowest BCUT2D eigenvalue weighted by atomic mass is 10.4. The smallest absolute Gasteiger partial charge is 0.332 e. The van der Waals surface area contributed by atoms with Crippen LogP contribution in [0.25, 0.3) is 11.2 Å². The van der Waals surface area contributed by atoms with Crippen molar-refractivity contribution in [3.8, 4) is 0 Å². The largest absolute Gasteiger partial charge is 0.358 e. The zero-order chi connectivity index (χ0) is 16.4. The molecule has 9 heteroatoms. The fourth-order valence-corrected chi connectivity index (χ4v) is 3.06. The van der Waals surface area contributed by atoms with Crippen LogP contribution in [0.5, 0.6) is 0 Å². The Morgan fingerprint density at radius 3 is 2.55 bits per heavy atom. The third-order valence-electron chi connectivity index (χ3n) is 3.37. The summed E-state index contributed by atoms with van der Waals surface area (Å²) in [6, 6.07) is 0. The van der Waals surface area contributed by atoms with Crippen molar-refractivity contribution >= 4 is 28.8 Å². The average molecular weight is 325 g/mol. The summed E-state index contributed by atoms with van der Waals surface area (Å²) >= 11 is 1.25. The van der Waals surface area contributed by atoms with Gasteiger partial charge in [-0.25, -0.2) is 9.78 Å². The monoisotopic (exact) mass is 325 g/mol. The van der Waals surface area contributed by atoms with E-state index in [-0.39, 0.29) is 17.2 Å². The number of amides is 1. The molecule has 2 rings (SSSR count). The van der Waals surface area contributed by atoms with Crippen LogP contribution in [0.4, 0.5) is 0 Å². The minimum absolute atomic E-state index is 0.123. The van der Waals surface area contributed by atoms with Crippen LogP contribution >= 0.6 is 11.8 Å². The molecule has 2 aromatic rings. The van der Waals surface area contributed by atoms with Gasteiger partial charge in [-0.1, -0.05) is 18.7 Å². The van der Waals surface area contributed by atoms with E-state index in [4.69, 9.17) is 0 Å². The maximum atomic E-state index is 12.4. The van der Waals surface area contributed by atoms with Gasteiger partial charge in [0, 0.05) is 27.7 Å². The van der Waals surface area contributed by atoms with Crippen molar-refractivity contribution < 1.29 is 4.79 Å². The number of hydrogen-bond donors (Lipinski definition) is 1. The predicted molar refractivity (Wildman–Crippen MR) is 85.3 cm³/mol. The van der Waals surface area contributed by atoms with Crippen LogP contribution in [0.1, 0.15) is 13.3 Å². The molecule has 8 nitrogen and oxygen atoms in total. The zero-order valence-corrected chi connectivity index (χ0v) is 13.9. The highest BCUT2D eigenvalue weighted by atomic mass is 32.2. The quantitative estimate of drug-likeness (QED) is 0.761. The predicted octanol–water partition coefficient (Wildman–Crippen LogP) is -0.318. The van der Waals surface area contributed by atoms with Gasteiger partial charge in [-0.2, -0.15) is 0 Å². The highest BCUT2D eigenvalue weighted by Gasteiger charge is 2.19. The summed E-state index contributed by atoms with van der Waals surface area (Å²) in [6.07, 6.45) is 0.811. The number of carbonyl (C=O) groups excluding carboxylic acids is 1. The van der Waals surface area contributed by atoms with Crippen molar-refractivity contribution in [2.75, 3.05) is 12.8 Å². The van der Waals surface area contributed by atoms with Crippen molar-refractivity contribution in [2.45, 2.75) is 25.0 Å². The first-order valence-corrected chi connectivity index (χ1v) is 7.90. The van der Waals surface area contributed by atoms with Crippen LogP contribution < -0.4 is 16.6 Å². The summed E-state index contributed by atoms with van der Waals surface area (Å²) in [4.78, 5) is 40.2. The summed E-state index contributed by atoms with van der Waals surface area (Å²) < 4.78 is 4.21. The van der Waals surface area contributed by atoms with Crippen molar-refractivity contribution in [1.29, 1.82) is 0 Å². The number of imidazole rings is 1. The first-order valence-electron chi connectivity index (χ1n) is 6.92. The third kappa shape index (κ3) is 2.68. The highest BCUT2D eigenvalue weighted by Crippen LogP contribution is 2.21. The molecular weight excluding hydrogens is 306 g/mol. The molecule has 1 amide bonds. The zero-order valence-electron chi connectivity index (χ0n) is 13.0. The van der Waals surface area contributed by atoms with Gasteiger partial charge in [0.15, 0.2) is 16.3 Å². The molecule has 0 fully saturated rings. The number of hydrogen-bond acceptors (Lipinski definition) is 5. The van der Waals surface area contributed by atoms with E-state index in [1.807, 2.05) is 6.92 Å². The van der Waals surface area contributed by atoms with Gasteiger partial charge in [-0.3, -0.25) is 18.7 Å². The molecule has 120 valence electrons. The SMILES string of the molecule is CCCn1c(SCC(=O)NC)nc2c1c(=O)n(C)c(=O)n2C. The van der Waals surface area contributed by atoms with Gasteiger partial charge in [0.25, 0.3) is 5.56 Å². The Morgan fingerprint density at radius 1 is 1.27 bits per heavy atom. The summed E-state index contributed by atoms with van der Waals surface area (Å²) in [5.74, 6) is 0.0829. The van der Waals surface area contributed by atoms with Crippen molar-refractivity contribution in [3.63, 3.8) is 0 Å². The van der Waals surface area contributed by atoms with Gasteiger partial charge < -0.3 is 9.88 Å². The van der Waals surface area contributed by atoms with E-state index in [0.29, 0.717) is 22.9 Å². The standard InChI is InChI=1S/C13H19N5O3S/c1-5-6-18-9-10(15-12(18)22-7-8(19)14-2)16(3)13(21)17(4)11(9)20/h5-7H2,1-4H3,(H,14,19). The maximum Gasteiger partial charge on any atom is 0.332 e. The second-order valence-electron chi connectivity index (χ2n) is 4.89. The lowest BCUT2D eigenvalue weighted by Gasteiger charge is -2.07. The topological polar surface area (TPSA) is 90.9 Å². The molecule has 0 radical (unpaired) electrons. The van der Waals surface area contributed by atoms with E-state index < -0.39 is 5.69 Å². The van der Waals surface area contributed by atoms with Gasteiger partial charge in [0.2, 0.25) is 5.91 Å². The van der Waals surface area contributed by atoms with Crippen LogP contribution in [-0.4, -0.2) is 37.4 Å². The second-order valence-corrected chi connectivity index (χ2v) is 5.83. The number of fused-ring (bicyclic) bond motifs is 1. The molecule has 2 aromatic heterocycles. The third-order valence-corrected chi connectivity index (χ3v) is 4.35. The molecule has 0 saturated heterocycles. The van der Waals surface area contributed by atoms with E-state index in [0.717, 1.165) is 11.0 Å². The number of rotatable bonds is 5.